The molecule has 1 N–H and O–H groups in total. The van der Waals surface area contributed by atoms with Crippen molar-refractivity contribution in [2.75, 3.05) is 19.7 Å². The van der Waals surface area contributed by atoms with Crippen LogP contribution in [0, 0.1) is 24.7 Å². The number of piperidine rings is 1. The highest BCUT2D eigenvalue weighted by Gasteiger charge is 2.61. The Labute approximate surface area is 167 Å². The van der Waals surface area contributed by atoms with Crippen LogP contribution in [0.25, 0.3) is 0 Å². The van der Waals surface area contributed by atoms with Gasteiger partial charge in [-0.3, -0.25) is 4.79 Å². The average molecular weight is 389 g/mol. The van der Waals surface area contributed by atoms with E-state index in [1.165, 1.54) is 0 Å². The van der Waals surface area contributed by atoms with Gasteiger partial charge in [-0.15, -0.1) is 0 Å². The Hall–Kier alpha value is -2.24. The molecule has 154 valence electrons. The number of hydrogen-bond donors (Lipinski definition) is 1. The molecule has 1 aromatic rings. The molecule has 0 bridgehead atoms. The van der Waals surface area contributed by atoms with Crippen LogP contribution in [0.2, 0.25) is 0 Å². The number of nitrogens with zero attached hydrogens (tertiary/aromatic N) is 1. The van der Waals surface area contributed by atoms with Crippen molar-refractivity contribution in [1.82, 2.24) is 10.2 Å². The monoisotopic (exact) mass is 388 g/mol. The van der Waals surface area contributed by atoms with E-state index in [-0.39, 0.29) is 29.8 Å². The van der Waals surface area contributed by atoms with E-state index in [1.54, 1.807) is 4.90 Å². The second-order valence-corrected chi connectivity index (χ2v) is 9.67. The van der Waals surface area contributed by atoms with Crippen molar-refractivity contribution in [2.24, 2.45) is 17.8 Å². The van der Waals surface area contributed by atoms with Gasteiger partial charge in [-0.1, -0.05) is 18.2 Å². The van der Waals surface area contributed by atoms with Crippen molar-refractivity contribution < 1.29 is 19.1 Å². The molecule has 3 rings (SSSR count). The zero-order valence-electron chi connectivity index (χ0n) is 17.7. The van der Waals surface area contributed by atoms with Gasteiger partial charge >= 0.3 is 6.09 Å². The molecule has 6 heteroatoms. The Morgan fingerprint density at radius 3 is 2.29 bits per heavy atom. The molecular weight excluding hydrogens is 356 g/mol. The standard InChI is InChI=1S/C22H32N2O4/c1-14-9-7-8-10-17(14)27-13-22(5,6)23-19(25)18-15-11-24(12-16(15)18)20(26)28-21(2,3)4/h7-10,15-16,18H,11-13H2,1-6H3,(H,23,25). The summed E-state index contributed by atoms with van der Waals surface area (Å²) in [6.45, 7) is 13.1. The number of carbonyl (C=O) groups is 2. The normalized spacial score (nSPS) is 23.8. The third-order valence-corrected chi connectivity index (χ3v) is 5.29. The summed E-state index contributed by atoms with van der Waals surface area (Å²) in [7, 11) is 0. The van der Waals surface area contributed by atoms with Crippen LogP contribution in [0.3, 0.4) is 0 Å². The van der Waals surface area contributed by atoms with Gasteiger partial charge in [-0.2, -0.15) is 0 Å². The van der Waals surface area contributed by atoms with E-state index in [2.05, 4.69) is 5.32 Å². The molecule has 28 heavy (non-hydrogen) atoms. The molecule has 2 fully saturated rings. The van der Waals surface area contributed by atoms with E-state index in [4.69, 9.17) is 9.47 Å². The summed E-state index contributed by atoms with van der Waals surface area (Å²) in [5.41, 5.74) is 0.103. The predicted molar refractivity (Wildman–Crippen MR) is 107 cm³/mol. The maximum atomic E-state index is 12.7. The summed E-state index contributed by atoms with van der Waals surface area (Å²) in [5, 5.41) is 3.12. The van der Waals surface area contributed by atoms with Gasteiger partial charge in [0.25, 0.3) is 0 Å². The van der Waals surface area contributed by atoms with Gasteiger partial charge in [0.15, 0.2) is 0 Å². The van der Waals surface area contributed by atoms with E-state index < -0.39 is 11.1 Å². The van der Waals surface area contributed by atoms with Crippen LogP contribution in [-0.2, 0) is 9.53 Å². The summed E-state index contributed by atoms with van der Waals surface area (Å²) in [6, 6.07) is 7.85. The lowest BCUT2D eigenvalue weighted by atomic mass is 10.1. The fraction of sp³-hybridized carbons (Fsp3) is 0.636. The van der Waals surface area contributed by atoms with Gasteiger partial charge in [0, 0.05) is 19.0 Å². The largest absolute Gasteiger partial charge is 0.491 e. The maximum absolute atomic E-state index is 12.7. The van der Waals surface area contributed by atoms with Gasteiger partial charge in [0.05, 0.1) is 5.54 Å². The number of ether oxygens (including phenoxy) is 2. The summed E-state index contributed by atoms with van der Waals surface area (Å²) in [4.78, 5) is 26.6. The second-order valence-electron chi connectivity index (χ2n) is 9.67. The quantitative estimate of drug-likeness (QED) is 0.840. The molecule has 1 saturated heterocycles. The zero-order valence-corrected chi connectivity index (χ0v) is 17.7. The molecule has 0 aromatic heterocycles. The highest BCUT2D eigenvalue weighted by Crippen LogP contribution is 2.52. The predicted octanol–water partition coefficient (Wildman–Crippen LogP) is 3.38. The SMILES string of the molecule is Cc1ccccc1OCC(C)(C)NC(=O)C1C2CN(C(=O)OC(C)(C)C)CC21. The number of benzene rings is 1. The number of likely N-dealkylation sites (tertiary alicyclic amines) is 1. The topological polar surface area (TPSA) is 67.9 Å². The highest BCUT2D eigenvalue weighted by atomic mass is 16.6. The fourth-order valence-corrected chi connectivity index (χ4v) is 3.82. The van der Waals surface area contributed by atoms with Gasteiger partial charge in [0.1, 0.15) is 18.0 Å². The van der Waals surface area contributed by atoms with E-state index >= 15 is 0 Å². The molecule has 1 aliphatic heterocycles. The molecule has 1 aromatic carbocycles. The number of fused-ring (bicyclic) bond motifs is 1. The molecule has 1 heterocycles. The zero-order chi connectivity index (χ0) is 20.7. The van der Waals surface area contributed by atoms with Gasteiger partial charge in [0.2, 0.25) is 5.91 Å². The number of nitrogens with one attached hydrogen (secondary N) is 1. The van der Waals surface area contributed by atoms with Crippen molar-refractivity contribution in [3.05, 3.63) is 29.8 Å². The Kier molecular flexibility index (Phi) is 5.34. The molecule has 2 aliphatic rings. The molecule has 2 atom stereocenters. The Balaban J connectivity index is 1.46. The number of carbonyl (C=O) groups excluding carboxylic acids is 2. The number of para-hydroxylation sites is 1. The van der Waals surface area contributed by atoms with Crippen molar-refractivity contribution in [2.45, 2.75) is 52.7 Å². The molecular formula is C22H32N2O4. The molecule has 2 unspecified atom stereocenters. The van der Waals surface area contributed by atoms with Crippen LogP contribution in [0.5, 0.6) is 5.75 Å². The first kappa shape index (κ1) is 20.5. The van der Waals surface area contributed by atoms with Crippen molar-refractivity contribution >= 4 is 12.0 Å². The molecule has 0 radical (unpaired) electrons. The van der Waals surface area contributed by atoms with Crippen LogP contribution in [0.15, 0.2) is 24.3 Å². The van der Waals surface area contributed by atoms with Crippen LogP contribution in [0.4, 0.5) is 4.79 Å². The summed E-state index contributed by atoms with van der Waals surface area (Å²) in [6.07, 6.45) is -0.286. The molecule has 2 amide bonds. The number of aryl methyl sites for hydroxylation is 1. The minimum absolute atomic E-state index is 0.0172. The van der Waals surface area contributed by atoms with E-state index in [1.807, 2.05) is 65.8 Å². The first-order chi connectivity index (χ1) is 13.0. The number of amides is 2. The van der Waals surface area contributed by atoms with Crippen molar-refractivity contribution in [3.8, 4) is 5.75 Å². The van der Waals surface area contributed by atoms with Gasteiger partial charge in [-0.25, -0.2) is 4.79 Å². The Bertz CT molecular complexity index is 741. The Morgan fingerprint density at radius 2 is 1.71 bits per heavy atom. The summed E-state index contributed by atoms with van der Waals surface area (Å²) in [5.74, 6) is 1.34. The third kappa shape index (κ3) is 4.78. The van der Waals surface area contributed by atoms with E-state index in [0.29, 0.717) is 19.7 Å². The molecule has 1 aliphatic carbocycles. The van der Waals surface area contributed by atoms with Gasteiger partial charge in [-0.05, 0) is 65.0 Å². The fourth-order valence-electron chi connectivity index (χ4n) is 3.82. The molecule has 1 saturated carbocycles. The lowest BCUT2D eigenvalue weighted by Gasteiger charge is -2.28. The van der Waals surface area contributed by atoms with E-state index in [0.717, 1.165) is 11.3 Å². The molecule has 6 nitrogen and oxygen atoms in total. The maximum Gasteiger partial charge on any atom is 0.410 e. The third-order valence-electron chi connectivity index (χ3n) is 5.29. The first-order valence-electron chi connectivity index (χ1n) is 9.95. The van der Waals surface area contributed by atoms with Crippen LogP contribution < -0.4 is 10.1 Å². The highest BCUT2D eigenvalue weighted by molar-refractivity contribution is 5.84. The van der Waals surface area contributed by atoms with Crippen LogP contribution >= 0.6 is 0 Å². The minimum atomic E-state index is -0.498. The smallest absolute Gasteiger partial charge is 0.410 e. The second kappa shape index (κ2) is 7.30. The lowest BCUT2D eigenvalue weighted by molar-refractivity contribution is -0.125. The van der Waals surface area contributed by atoms with E-state index in [9.17, 15) is 9.59 Å². The van der Waals surface area contributed by atoms with Crippen LogP contribution in [-0.4, -0.2) is 47.7 Å². The Morgan fingerprint density at radius 1 is 1.11 bits per heavy atom. The number of hydrogen-bond acceptors (Lipinski definition) is 4. The summed E-state index contributed by atoms with van der Waals surface area (Å²) < 4.78 is 11.3. The first-order valence-corrected chi connectivity index (χ1v) is 9.95. The minimum Gasteiger partial charge on any atom is -0.491 e. The van der Waals surface area contributed by atoms with Crippen molar-refractivity contribution in [3.63, 3.8) is 0 Å². The van der Waals surface area contributed by atoms with Crippen molar-refractivity contribution in [1.29, 1.82) is 0 Å². The number of rotatable bonds is 5. The summed E-state index contributed by atoms with van der Waals surface area (Å²) >= 11 is 0. The van der Waals surface area contributed by atoms with Crippen LogP contribution in [0.1, 0.15) is 40.2 Å². The lowest BCUT2D eigenvalue weighted by Crippen LogP contribution is -2.49. The van der Waals surface area contributed by atoms with Gasteiger partial charge < -0.3 is 19.7 Å². The average Bonchev–Trinajstić information content (AvgIpc) is 3.07. The molecule has 0 spiro atoms.